The predicted octanol–water partition coefficient (Wildman–Crippen LogP) is 4.73. The Morgan fingerprint density at radius 1 is 0.714 bits per heavy atom. The molecular formula is C29H29N3O2S. The molecule has 3 aromatic carbocycles. The first-order valence-electron chi connectivity index (χ1n) is 12.0. The molecule has 5 nitrogen and oxygen atoms in total. The van der Waals surface area contributed by atoms with Gasteiger partial charge in [-0.25, -0.2) is 0 Å². The minimum absolute atomic E-state index is 0.172. The monoisotopic (exact) mass is 483 g/mol. The molecule has 2 aliphatic rings. The number of hydrogen-bond donors (Lipinski definition) is 0. The standard InChI is InChI=1S/C29H29N3O2S/c1-22-12-14-25(15-13-22)35-27-26(31-20-18-30(19-21-31)24-10-6-3-7-11-24)28(33)32(29(27)34)17-16-23-8-4-2-5-9-23/h2-15H,16-21H2,1H3. The fourth-order valence-electron chi connectivity index (χ4n) is 4.55. The molecule has 0 saturated carbocycles. The molecule has 178 valence electrons. The molecule has 2 amide bonds. The van der Waals surface area contributed by atoms with E-state index in [9.17, 15) is 9.59 Å². The Morgan fingerprint density at radius 3 is 1.97 bits per heavy atom. The maximum absolute atomic E-state index is 13.6. The van der Waals surface area contributed by atoms with Gasteiger partial charge < -0.3 is 9.80 Å². The van der Waals surface area contributed by atoms with Crippen LogP contribution >= 0.6 is 11.8 Å². The molecule has 0 aromatic heterocycles. The van der Waals surface area contributed by atoms with Crippen LogP contribution in [0.5, 0.6) is 0 Å². The zero-order valence-electron chi connectivity index (χ0n) is 19.9. The van der Waals surface area contributed by atoms with Crippen LogP contribution in [0.2, 0.25) is 0 Å². The number of piperazine rings is 1. The number of anilines is 1. The molecule has 0 radical (unpaired) electrons. The molecule has 0 bridgehead atoms. The Balaban J connectivity index is 1.37. The van der Waals surface area contributed by atoms with E-state index in [1.165, 1.54) is 27.9 Å². The van der Waals surface area contributed by atoms with Gasteiger partial charge in [0.1, 0.15) is 10.6 Å². The van der Waals surface area contributed by atoms with E-state index in [-0.39, 0.29) is 11.8 Å². The van der Waals surface area contributed by atoms with Crippen molar-refractivity contribution in [3.63, 3.8) is 0 Å². The van der Waals surface area contributed by atoms with Gasteiger partial charge in [0.15, 0.2) is 0 Å². The Hall–Kier alpha value is -3.51. The first-order valence-corrected chi connectivity index (χ1v) is 12.9. The highest BCUT2D eigenvalue weighted by Gasteiger charge is 2.41. The van der Waals surface area contributed by atoms with Crippen LogP contribution in [-0.4, -0.2) is 54.3 Å². The highest BCUT2D eigenvalue weighted by atomic mass is 32.2. The Kier molecular flexibility index (Phi) is 6.91. The van der Waals surface area contributed by atoms with Gasteiger partial charge in [-0.15, -0.1) is 0 Å². The molecule has 35 heavy (non-hydrogen) atoms. The summed E-state index contributed by atoms with van der Waals surface area (Å²) in [5.41, 5.74) is 4.03. The molecule has 0 unspecified atom stereocenters. The molecule has 0 atom stereocenters. The van der Waals surface area contributed by atoms with Gasteiger partial charge in [0, 0.05) is 43.3 Å². The van der Waals surface area contributed by atoms with Gasteiger partial charge in [-0.05, 0) is 43.2 Å². The molecule has 1 fully saturated rings. The lowest BCUT2D eigenvalue weighted by Crippen LogP contribution is -2.47. The summed E-state index contributed by atoms with van der Waals surface area (Å²) in [6, 6.07) is 28.5. The van der Waals surface area contributed by atoms with Crippen LogP contribution in [0.4, 0.5) is 5.69 Å². The van der Waals surface area contributed by atoms with Gasteiger partial charge in [0.05, 0.1) is 0 Å². The second-order valence-electron chi connectivity index (χ2n) is 8.90. The fourth-order valence-corrected chi connectivity index (χ4v) is 5.57. The molecule has 6 heteroatoms. The molecule has 1 saturated heterocycles. The number of benzene rings is 3. The first-order chi connectivity index (χ1) is 17.1. The molecular weight excluding hydrogens is 454 g/mol. The number of carbonyl (C=O) groups excluding carboxylic acids is 2. The van der Waals surface area contributed by atoms with Crippen molar-refractivity contribution in [1.82, 2.24) is 9.80 Å². The van der Waals surface area contributed by atoms with E-state index < -0.39 is 0 Å². The van der Waals surface area contributed by atoms with Crippen LogP contribution in [0.15, 0.2) is 100 Å². The lowest BCUT2D eigenvalue weighted by molar-refractivity contribution is -0.137. The van der Waals surface area contributed by atoms with Crippen molar-refractivity contribution >= 4 is 29.3 Å². The van der Waals surface area contributed by atoms with Crippen LogP contribution in [0.25, 0.3) is 0 Å². The third kappa shape index (κ3) is 5.13. The number of hydrogen-bond acceptors (Lipinski definition) is 5. The summed E-state index contributed by atoms with van der Waals surface area (Å²) in [7, 11) is 0. The second-order valence-corrected chi connectivity index (χ2v) is 9.98. The minimum atomic E-state index is -0.183. The number of thioether (sulfide) groups is 1. The summed E-state index contributed by atoms with van der Waals surface area (Å²) in [4.78, 5) is 34.5. The third-order valence-electron chi connectivity index (χ3n) is 6.53. The lowest BCUT2D eigenvalue weighted by Gasteiger charge is -2.37. The molecule has 0 aliphatic carbocycles. The van der Waals surface area contributed by atoms with Gasteiger partial charge in [0.25, 0.3) is 11.8 Å². The first kappa shape index (κ1) is 23.2. The van der Waals surface area contributed by atoms with Gasteiger partial charge in [-0.1, -0.05) is 78.0 Å². The molecule has 2 aliphatic heterocycles. The zero-order chi connectivity index (χ0) is 24.2. The number of amides is 2. The predicted molar refractivity (Wildman–Crippen MR) is 141 cm³/mol. The Bertz CT molecular complexity index is 1220. The smallest absolute Gasteiger partial charge is 0.278 e. The van der Waals surface area contributed by atoms with Crippen molar-refractivity contribution in [3.8, 4) is 0 Å². The third-order valence-corrected chi connectivity index (χ3v) is 7.61. The number of para-hydroxylation sites is 1. The van der Waals surface area contributed by atoms with Crippen LogP contribution in [0, 0.1) is 6.92 Å². The number of rotatable bonds is 7. The van der Waals surface area contributed by atoms with E-state index in [2.05, 4.69) is 21.9 Å². The largest absolute Gasteiger partial charge is 0.368 e. The van der Waals surface area contributed by atoms with Gasteiger partial charge in [0.2, 0.25) is 0 Å². The number of aryl methyl sites for hydroxylation is 1. The summed E-state index contributed by atoms with van der Waals surface area (Å²) in [6.45, 7) is 5.44. The second kappa shape index (κ2) is 10.4. The van der Waals surface area contributed by atoms with Crippen molar-refractivity contribution in [1.29, 1.82) is 0 Å². The summed E-state index contributed by atoms with van der Waals surface area (Å²) in [5.74, 6) is -0.356. The van der Waals surface area contributed by atoms with E-state index >= 15 is 0 Å². The highest BCUT2D eigenvalue weighted by molar-refractivity contribution is 8.04. The van der Waals surface area contributed by atoms with Crippen molar-refractivity contribution in [2.24, 2.45) is 0 Å². The van der Waals surface area contributed by atoms with Gasteiger partial charge in [-0.2, -0.15) is 0 Å². The van der Waals surface area contributed by atoms with Crippen molar-refractivity contribution in [2.45, 2.75) is 18.2 Å². The lowest BCUT2D eigenvalue weighted by atomic mass is 10.1. The summed E-state index contributed by atoms with van der Waals surface area (Å²) < 4.78 is 0. The van der Waals surface area contributed by atoms with Crippen LogP contribution in [-0.2, 0) is 16.0 Å². The molecule has 0 N–H and O–H groups in total. The summed E-state index contributed by atoms with van der Waals surface area (Å²) >= 11 is 1.41. The highest BCUT2D eigenvalue weighted by Crippen LogP contribution is 2.37. The maximum Gasteiger partial charge on any atom is 0.278 e. The quantitative estimate of drug-likeness (QED) is 0.455. The average molecular weight is 484 g/mol. The minimum Gasteiger partial charge on any atom is -0.368 e. The molecule has 2 heterocycles. The zero-order valence-corrected chi connectivity index (χ0v) is 20.7. The topological polar surface area (TPSA) is 43.9 Å². The van der Waals surface area contributed by atoms with Gasteiger partial charge in [-0.3, -0.25) is 14.5 Å². The Labute approximate surface area is 211 Å². The normalized spacial score (nSPS) is 16.4. The molecule has 5 rings (SSSR count). The summed E-state index contributed by atoms with van der Waals surface area (Å²) in [6.07, 6.45) is 0.649. The average Bonchev–Trinajstić information content (AvgIpc) is 3.13. The van der Waals surface area contributed by atoms with E-state index in [0.29, 0.717) is 36.7 Å². The van der Waals surface area contributed by atoms with Crippen molar-refractivity contribution < 1.29 is 9.59 Å². The number of nitrogens with zero attached hydrogens (tertiary/aromatic N) is 3. The van der Waals surface area contributed by atoms with Gasteiger partial charge >= 0.3 is 0 Å². The fraction of sp³-hybridized carbons (Fsp3) is 0.241. The Morgan fingerprint density at radius 2 is 1.31 bits per heavy atom. The number of imide groups is 1. The van der Waals surface area contributed by atoms with E-state index in [1.54, 1.807) is 0 Å². The molecule has 0 spiro atoms. The van der Waals surface area contributed by atoms with E-state index in [0.717, 1.165) is 23.5 Å². The SMILES string of the molecule is Cc1ccc(SC2=C(N3CCN(c4ccccc4)CC3)C(=O)N(CCc3ccccc3)C2=O)cc1. The van der Waals surface area contributed by atoms with Crippen LogP contribution in [0.1, 0.15) is 11.1 Å². The van der Waals surface area contributed by atoms with Crippen molar-refractivity contribution in [2.75, 3.05) is 37.6 Å². The van der Waals surface area contributed by atoms with Crippen LogP contribution in [0.3, 0.4) is 0 Å². The van der Waals surface area contributed by atoms with Crippen molar-refractivity contribution in [3.05, 3.63) is 107 Å². The maximum atomic E-state index is 13.6. The van der Waals surface area contributed by atoms with Crippen LogP contribution < -0.4 is 4.90 Å². The number of carbonyl (C=O) groups is 2. The summed E-state index contributed by atoms with van der Waals surface area (Å²) in [5, 5.41) is 0. The molecule has 3 aromatic rings. The van der Waals surface area contributed by atoms with E-state index in [4.69, 9.17) is 0 Å². The van der Waals surface area contributed by atoms with E-state index in [1.807, 2.05) is 79.7 Å².